The fourth-order valence-corrected chi connectivity index (χ4v) is 5.13. The molecular formula is C17H31NO2. The highest BCUT2D eigenvalue weighted by Gasteiger charge is 2.52. The summed E-state index contributed by atoms with van der Waals surface area (Å²) in [4.78, 5) is 2.69. The number of aliphatic hydroxyl groups excluding tert-OH is 1. The number of hydrogen-bond acceptors (Lipinski definition) is 3. The first-order chi connectivity index (χ1) is 9.30. The quantitative estimate of drug-likeness (QED) is 0.844. The van der Waals surface area contributed by atoms with Crippen molar-refractivity contribution in [2.75, 3.05) is 6.54 Å². The molecule has 2 heterocycles. The van der Waals surface area contributed by atoms with Crippen LogP contribution in [0.5, 0.6) is 0 Å². The second kappa shape index (κ2) is 4.96. The van der Waals surface area contributed by atoms with E-state index in [-0.39, 0.29) is 17.3 Å². The van der Waals surface area contributed by atoms with E-state index < -0.39 is 0 Å². The molecule has 4 atom stereocenters. The van der Waals surface area contributed by atoms with Gasteiger partial charge < -0.3 is 9.84 Å². The molecule has 116 valence electrons. The van der Waals surface area contributed by atoms with E-state index in [4.69, 9.17) is 4.74 Å². The van der Waals surface area contributed by atoms with Crippen molar-refractivity contribution in [3.8, 4) is 0 Å². The fourth-order valence-electron chi connectivity index (χ4n) is 5.13. The van der Waals surface area contributed by atoms with E-state index in [0.29, 0.717) is 18.0 Å². The molecule has 1 N–H and O–H groups in total. The first kappa shape index (κ1) is 14.8. The van der Waals surface area contributed by atoms with Crippen molar-refractivity contribution in [1.82, 2.24) is 4.90 Å². The zero-order chi connectivity index (χ0) is 14.5. The minimum atomic E-state index is -0.0738. The van der Waals surface area contributed by atoms with E-state index >= 15 is 0 Å². The predicted molar refractivity (Wildman–Crippen MR) is 80.7 cm³/mol. The summed E-state index contributed by atoms with van der Waals surface area (Å²) in [7, 11) is 0. The van der Waals surface area contributed by atoms with E-state index in [0.717, 1.165) is 12.8 Å². The maximum atomic E-state index is 10.3. The van der Waals surface area contributed by atoms with Crippen LogP contribution in [0.2, 0.25) is 0 Å². The minimum absolute atomic E-state index is 0.0183. The Morgan fingerprint density at radius 1 is 1.05 bits per heavy atom. The monoisotopic (exact) mass is 281 g/mol. The molecule has 1 aliphatic carbocycles. The second-order valence-electron chi connectivity index (χ2n) is 8.29. The first-order valence-corrected chi connectivity index (χ1v) is 8.44. The van der Waals surface area contributed by atoms with Crippen LogP contribution in [-0.2, 0) is 4.74 Å². The molecule has 2 saturated heterocycles. The number of aliphatic hydroxyl groups is 1. The van der Waals surface area contributed by atoms with E-state index in [1.165, 1.54) is 32.2 Å². The van der Waals surface area contributed by atoms with Crippen molar-refractivity contribution < 1.29 is 9.84 Å². The van der Waals surface area contributed by atoms with Gasteiger partial charge >= 0.3 is 0 Å². The number of ether oxygens (including phenoxy) is 1. The highest BCUT2D eigenvalue weighted by atomic mass is 16.5. The van der Waals surface area contributed by atoms with E-state index in [1.807, 2.05) is 0 Å². The summed E-state index contributed by atoms with van der Waals surface area (Å²) in [6.45, 7) is 10.1. The second-order valence-corrected chi connectivity index (χ2v) is 8.29. The van der Waals surface area contributed by atoms with Crippen LogP contribution in [-0.4, -0.2) is 45.9 Å². The van der Waals surface area contributed by atoms with Crippen molar-refractivity contribution in [2.24, 2.45) is 5.92 Å². The molecule has 0 spiro atoms. The van der Waals surface area contributed by atoms with Crippen molar-refractivity contribution in [1.29, 1.82) is 0 Å². The van der Waals surface area contributed by atoms with Gasteiger partial charge in [0.25, 0.3) is 0 Å². The average molecular weight is 281 g/mol. The lowest BCUT2D eigenvalue weighted by molar-refractivity contribution is -0.0848. The molecule has 4 unspecified atom stereocenters. The molecule has 3 rings (SSSR count). The van der Waals surface area contributed by atoms with Crippen LogP contribution in [0.1, 0.15) is 66.2 Å². The van der Waals surface area contributed by atoms with Gasteiger partial charge in [-0.05, 0) is 66.3 Å². The molecular weight excluding hydrogens is 250 g/mol. The average Bonchev–Trinajstić information content (AvgIpc) is 2.95. The highest BCUT2D eigenvalue weighted by molar-refractivity contribution is 5.04. The number of hydrogen-bond donors (Lipinski definition) is 1. The molecule has 3 nitrogen and oxygen atoms in total. The standard InChI is InChI=1S/C17H31NO2/c1-16(2)11-15(17(3,4)20-16)18-10-6-8-13(18)12-7-5-9-14(12)19/h12-15,19H,5-11H2,1-4H3. The lowest BCUT2D eigenvalue weighted by Crippen LogP contribution is -2.51. The van der Waals surface area contributed by atoms with Crippen LogP contribution in [0.15, 0.2) is 0 Å². The number of rotatable bonds is 2. The van der Waals surface area contributed by atoms with Gasteiger partial charge in [0.05, 0.1) is 17.3 Å². The van der Waals surface area contributed by atoms with Crippen LogP contribution >= 0.6 is 0 Å². The molecule has 3 fully saturated rings. The van der Waals surface area contributed by atoms with Crippen LogP contribution in [0.25, 0.3) is 0 Å². The molecule has 0 aromatic heterocycles. The Morgan fingerprint density at radius 3 is 2.35 bits per heavy atom. The molecule has 2 aliphatic heterocycles. The molecule has 20 heavy (non-hydrogen) atoms. The van der Waals surface area contributed by atoms with E-state index in [2.05, 4.69) is 32.6 Å². The Balaban J connectivity index is 1.78. The molecule has 0 aromatic carbocycles. The smallest absolute Gasteiger partial charge is 0.0789 e. The first-order valence-electron chi connectivity index (χ1n) is 8.44. The SMILES string of the molecule is CC1(C)CC(N2CCCC2C2CCCC2O)C(C)(C)O1. The van der Waals surface area contributed by atoms with Gasteiger partial charge in [-0.3, -0.25) is 4.90 Å². The van der Waals surface area contributed by atoms with Gasteiger partial charge in [-0.1, -0.05) is 6.42 Å². The molecule has 0 aromatic rings. The summed E-state index contributed by atoms with van der Waals surface area (Å²) in [5.41, 5.74) is -0.0920. The maximum absolute atomic E-state index is 10.3. The van der Waals surface area contributed by atoms with Gasteiger partial charge in [0.1, 0.15) is 0 Å². The molecule has 3 aliphatic rings. The van der Waals surface area contributed by atoms with Crippen LogP contribution in [0.4, 0.5) is 0 Å². The Bertz CT molecular complexity index is 366. The Morgan fingerprint density at radius 2 is 1.80 bits per heavy atom. The van der Waals surface area contributed by atoms with Crippen molar-refractivity contribution in [3.63, 3.8) is 0 Å². The van der Waals surface area contributed by atoms with Crippen LogP contribution in [0.3, 0.4) is 0 Å². The van der Waals surface area contributed by atoms with E-state index in [1.54, 1.807) is 0 Å². The number of likely N-dealkylation sites (tertiary alicyclic amines) is 1. The molecule has 1 saturated carbocycles. The Kier molecular flexibility index (Phi) is 3.67. The third-order valence-corrected chi connectivity index (χ3v) is 5.80. The van der Waals surface area contributed by atoms with Gasteiger partial charge in [-0.25, -0.2) is 0 Å². The summed E-state index contributed by atoms with van der Waals surface area (Å²) >= 11 is 0. The summed E-state index contributed by atoms with van der Waals surface area (Å²) in [5.74, 6) is 0.497. The lowest BCUT2D eigenvalue weighted by atomic mass is 9.88. The molecule has 0 bridgehead atoms. The van der Waals surface area contributed by atoms with Gasteiger partial charge in [-0.15, -0.1) is 0 Å². The zero-order valence-corrected chi connectivity index (χ0v) is 13.6. The molecule has 0 amide bonds. The van der Waals surface area contributed by atoms with Crippen LogP contribution < -0.4 is 0 Å². The van der Waals surface area contributed by atoms with Gasteiger partial charge in [-0.2, -0.15) is 0 Å². The predicted octanol–water partition coefficient (Wildman–Crippen LogP) is 2.96. The lowest BCUT2D eigenvalue weighted by Gasteiger charge is -2.40. The summed E-state index contributed by atoms with van der Waals surface area (Å²) < 4.78 is 6.29. The number of nitrogens with zero attached hydrogens (tertiary/aromatic N) is 1. The summed E-state index contributed by atoms with van der Waals surface area (Å²) in [6, 6.07) is 1.08. The van der Waals surface area contributed by atoms with Gasteiger partial charge in [0.2, 0.25) is 0 Å². The fraction of sp³-hybridized carbons (Fsp3) is 1.00. The van der Waals surface area contributed by atoms with Gasteiger partial charge in [0, 0.05) is 18.0 Å². The minimum Gasteiger partial charge on any atom is -0.393 e. The third-order valence-electron chi connectivity index (χ3n) is 5.80. The summed E-state index contributed by atoms with van der Waals surface area (Å²) in [5, 5.41) is 10.3. The Hall–Kier alpha value is -0.120. The molecule has 3 heteroatoms. The highest BCUT2D eigenvalue weighted by Crippen LogP contribution is 2.45. The van der Waals surface area contributed by atoms with E-state index in [9.17, 15) is 5.11 Å². The van der Waals surface area contributed by atoms with Gasteiger partial charge in [0.15, 0.2) is 0 Å². The Labute approximate surface area is 123 Å². The van der Waals surface area contributed by atoms with Crippen molar-refractivity contribution >= 4 is 0 Å². The normalized spacial score (nSPS) is 44.2. The maximum Gasteiger partial charge on any atom is 0.0789 e. The molecule has 0 radical (unpaired) electrons. The van der Waals surface area contributed by atoms with Crippen molar-refractivity contribution in [2.45, 2.75) is 95.6 Å². The topological polar surface area (TPSA) is 32.7 Å². The largest absolute Gasteiger partial charge is 0.393 e. The van der Waals surface area contributed by atoms with Crippen LogP contribution in [0, 0.1) is 5.92 Å². The van der Waals surface area contributed by atoms with Crippen molar-refractivity contribution in [3.05, 3.63) is 0 Å². The zero-order valence-electron chi connectivity index (χ0n) is 13.6. The third kappa shape index (κ3) is 2.53. The summed E-state index contributed by atoms with van der Waals surface area (Å²) in [6.07, 6.45) is 6.99.